The Labute approximate surface area is 86.7 Å². The smallest absolute Gasteiger partial charge is 0.262 e. The average Bonchev–Trinajstić information content (AvgIpc) is 2.60. The van der Waals surface area contributed by atoms with E-state index in [1.807, 2.05) is 0 Å². The van der Waals surface area contributed by atoms with Crippen LogP contribution in [0.15, 0.2) is 23.1 Å². The number of benzene rings is 1. The molecule has 6 heteroatoms. The Hall–Kier alpha value is -1.24. The van der Waals surface area contributed by atoms with Crippen LogP contribution in [0.3, 0.4) is 0 Å². The first-order valence-electron chi connectivity index (χ1n) is 4.36. The molecule has 0 heterocycles. The lowest BCUT2D eigenvalue weighted by Crippen LogP contribution is -2.19. The molecule has 80 valence electrons. The topological polar surface area (TPSA) is 83.5 Å². The van der Waals surface area contributed by atoms with Crippen molar-refractivity contribution in [3.63, 3.8) is 0 Å². The van der Waals surface area contributed by atoms with Crippen molar-refractivity contribution >= 4 is 15.8 Å². The molecule has 0 amide bonds. The number of nitrogens with one attached hydrogen (secondary N) is 1. The van der Waals surface area contributed by atoms with E-state index in [0.29, 0.717) is 18.4 Å². The van der Waals surface area contributed by atoms with Crippen LogP contribution < -0.4 is 4.89 Å². The number of carbonyl (C=O) groups is 1. The highest BCUT2D eigenvalue weighted by molar-refractivity contribution is 7.89. The van der Waals surface area contributed by atoms with Crippen LogP contribution >= 0.6 is 0 Å². The summed E-state index contributed by atoms with van der Waals surface area (Å²) >= 11 is 0. The van der Waals surface area contributed by atoms with Gasteiger partial charge in [-0.3, -0.25) is 4.79 Å². The van der Waals surface area contributed by atoms with Crippen molar-refractivity contribution in [2.24, 2.45) is 0 Å². The normalized spacial score (nSPS) is 15.4. The Bertz CT molecular complexity index is 521. The van der Waals surface area contributed by atoms with Crippen molar-refractivity contribution < 1.29 is 18.4 Å². The highest BCUT2D eigenvalue weighted by atomic mass is 32.2. The highest BCUT2D eigenvalue weighted by Crippen LogP contribution is 2.24. The lowest BCUT2D eigenvalue weighted by atomic mass is 10.1. The maximum absolute atomic E-state index is 11.3. The summed E-state index contributed by atoms with van der Waals surface area (Å²) in [7, 11) is -3.84. The second-order valence-corrected chi connectivity index (χ2v) is 5.00. The zero-order valence-corrected chi connectivity index (χ0v) is 8.54. The maximum Gasteiger partial charge on any atom is 0.262 e. The predicted octanol–water partition coefficient (Wildman–Crippen LogP) is 0.483. The number of hydrogen-bond acceptors (Lipinski definition) is 4. The first kappa shape index (κ1) is 10.3. The standard InChI is InChI=1S/C9H9NO4S/c11-9-4-1-6-5-7(2-3-8(6)9)15(13,14)10-12/h2-3,5,10,12H,1,4H2. The summed E-state index contributed by atoms with van der Waals surface area (Å²) in [6.45, 7) is 0. The number of aryl methyl sites for hydroxylation is 1. The van der Waals surface area contributed by atoms with Gasteiger partial charge in [-0.15, -0.1) is 0 Å². The highest BCUT2D eigenvalue weighted by Gasteiger charge is 2.22. The molecule has 1 aromatic carbocycles. The van der Waals surface area contributed by atoms with E-state index < -0.39 is 10.0 Å². The van der Waals surface area contributed by atoms with E-state index in [4.69, 9.17) is 5.21 Å². The molecule has 2 N–H and O–H groups in total. The van der Waals surface area contributed by atoms with E-state index >= 15 is 0 Å². The van der Waals surface area contributed by atoms with Gasteiger partial charge in [0.2, 0.25) is 0 Å². The molecule has 0 saturated carbocycles. The van der Waals surface area contributed by atoms with E-state index in [2.05, 4.69) is 0 Å². The number of rotatable bonds is 2. The van der Waals surface area contributed by atoms with Crippen molar-refractivity contribution in [2.45, 2.75) is 17.7 Å². The predicted molar refractivity (Wildman–Crippen MR) is 51.2 cm³/mol. The van der Waals surface area contributed by atoms with Gasteiger partial charge in [-0.2, -0.15) is 0 Å². The molecule has 0 radical (unpaired) electrons. The Kier molecular flexibility index (Phi) is 2.34. The van der Waals surface area contributed by atoms with E-state index in [9.17, 15) is 13.2 Å². The fourth-order valence-corrected chi connectivity index (χ4v) is 2.30. The van der Waals surface area contributed by atoms with Crippen molar-refractivity contribution in [1.29, 1.82) is 0 Å². The van der Waals surface area contributed by atoms with Gasteiger partial charge in [0.1, 0.15) is 0 Å². The van der Waals surface area contributed by atoms with Crippen molar-refractivity contribution in [2.75, 3.05) is 0 Å². The molecule has 0 bridgehead atoms. The fourth-order valence-electron chi connectivity index (χ4n) is 1.65. The molecular formula is C9H9NO4S. The molecule has 0 unspecified atom stereocenters. The molecule has 1 aromatic rings. The Balaban J connectivity index is 2.53. The molecule has 0 spiro atoms. The number of ketones is 1. The van der Waals surface area contributed by atoms with Gasteiger partial charge in [0.15, 0.2) is 5.78 Å². The van der Waals surface area contributed by atoms with Gasteiger partial charge < -0.3 is 5.21 Å². The number of Topliss-reactive ketones (excluding diaryl/α,β-unsaturated/α-hetero) is 1. The van der Waals surface area contributed by atoms with Crippen molar-refractivity contribution in [1.82, 2.24) is 4.89 Å². The van der Waals surface area contributed by atoms with Crippen LogP contribution in [0.4, 0.5) is 0 Å². The molecular weight excluding hydrogens is 218 g/mol. The van der Waals surface area contributed by atoms with Gasteiger partial charge in [0.05, 0.1) is 4.90 Å². The van der Waals surface area contributed by atoms with Crippen molar-refractivity contribution in [3.05, 3.63) is 29.3 Å². The molecule has 0 fully saturated rings. The Morgan fingerprint density at radius 3 is 2.67 bits per heavy atom. The number of sulfonamides is 1. The third-order valence-electron chi connectivity index (χ3n) is 2.43. The molecule has 0 saturated heterocycles. The van der Waals surface area contributed by atoms with Crippen LogP contribution in [0.1, 0.15) is 22.3 Å². The molecule has 0 aromatic heterocycles. The van der Waals surface area contributed by atoms with Gasteiger partial charge in [0.25, 0.3) is 10.0 Å². The summed E-state index contributed by atoms with van der Waals surface area (Å²) in [5, 5.41) is 8.44. The molecule has 2 rings (SSSR count). The maximum atomic E-state index is 11.3. The average molecular weight is 227 g/mol. The molecule has 1 aliphatic carbocycles. The zero-order valence-electron chi connectivity index (χ0n) is 7.73. The van der Waals surface area contributed by atoms with Gasteiger partial charge >= 0.3 is 0 Å². The SMILES string of the molecule is O=C1CCc2cc(S(=O)(=O)NO)ccc21. The summed E-state index contributed by atoms with van der Waals surface area (Å²) in [5.74, 6) is 0.0332. The van der Waals surface area contributed by atoms with E-state index in [1.54, 1.807) is 0 Å². The summed E-state index contributed by atoms with van der Waals surface area (Å²) in [6, 6.07) is 4.20. The van der Waals surface area contributed by atoms with Crippen LogP contribution in [0, 0.1) is 0 Å². The second-order valence-electron chi connectivity index (χ2n) is 3.34. The third-order valence-corrected chi connectivity index (χ3v) is 3.54. The molecule has 5 nitrogen and oxygen atoms in total. The lowest BCUT2D eigenvalue weighted by molar-refractivity contribution is 0.0994. The van der Waals surface area contributed by atoms with E-state index in [1.165, 1.54) is 23.1 Å². The van der Waals surface area contributed by atoms with Gasteiger partial charge in [-0.1, -0.05) is 4.89 Å². The minimum absolute atomic E-state index is 0.0292. The summed E-state index contributed by atoms with van der Waals surface area (Å²) in [4.78, 5) is 12.5. The monoisotopic (exact) mass is 227 g/mol. The van der Waals surface area contributed by atoms with Crippen LogP contribution in [-0.2, 0) is 16.4 Å². The van der Waals surface area contributed by atoms with Crippen LogP contribution in [0.25, 0.3) is 0 Å². The van der Waals surface area contributed by atoms with E-state index in [-0.39, 0.29) is 10.7 Å². The molecule has 0 atom stereocenters. The summed E-state index contributed by atoms with van der Waals surface area (Å²) in [5.41, 5.74) is 1.29. The largest absolute Gasteiger partial charge is 0.302 e. The second kappa shape index (κ2) is 3.41. The third kappa shape index (κ3) is 1.67. The number of fused-ring (bicyclic) bond motifs is 1. The van der Waals surface area contributed by atoms with Gasteiger partial charge in [0, 0.05) is 12.0 Å². The van der Waals surface area contributed by atoms with Gasteiger partial charge in [-0.05, 0) is 30.2 Å². The molecule has 0 aliphatic heterocycles. The van der Waals surface area contributed by atoms with Gasteiger partial charge in [-0.25, -0.2) is 8.42 Å². The Morgan fingerprint density at radius 2 is 2.00 bits per heavy atom. The fraction of sp³-hybridized carbons (Fsp3) is 0.222. The van der Waals surface area contributed by atoms with Crippen molar-refractivity contribution in [3.8, 4) is 0 Å². The van der Waals surface area contributed by atoms with E-state index in [0.717, 1.165) is 5.56 Å². The molecule has 15 heavy (non-hydrogen) atoms. The Morgan fingerprint density at radius 1 is 1.27 bits per heavy atom. The lowest BCUT2D eigenvalue weighted by Gasteiger charge is -2.03. The zero-order chi connectivity index (χ0) is 11.1. The first-order chi connectivity index (χ1) is 7.04. The minimum Gasteiger partial charge on any atom is -0.302 e. The summed E-state index contributed by atoms with van der Waals surface area (Å²) in [6.07, 6.45) is 0.980. The van der Waals surface area contributed by atoms with Crippen LogP contribution in [0.5, 0.6) is 0 Å². The molecule has 1 aliphatic rings. The minimum atomic E-state index is -3.84. The van der Waals surface area contributed by atoms with Crippen LogP contribution in [0.2, 0.25) is 0 Å². The number of hydrogen-bond donors (Lipinski definition) is 2. The number of carbonyl (C=O) groups excluding carboxylic acids is 1. The summed E-state index contributed by atoms with van der Waals surface area (Å²) < 4.78 is 22.5. The van der Waals surface area contributed by atoms with Crippen LogP contribution in [-0.4, -0.2) is 19.4 Å². The quantitative estimate of drug-likeness (QED) is 0.720. The first-order valence-corrected chi connectivity index (χ1v) is 5.85.